The van der Waals surface area contributed by atoms with Crippen molar-refractivity contribution >= 4 is 35.2 Å². The number of hydrogen-bond acceptors (Lipinski definition) is 5. The molecule has 0 aliphatic rings. The number of amides is 1. The molecule has 7 heteroatoms. The van der Waals surface area contributed by atoms with Gasteiger partial charge >= 0.3 is 5.97 Å². The van der Waals surface area contributed by atoms with E-state index < -0.39 is 18.5 Å². The van der Waals surface area contributed by atoms with Gasteiger partial charge in [0.25, 0.3) is 5.91 Å². The average molecular weight is 402 g/mol. The van der Waals surface area contributed by atoms with Crippen molar-refractivity contribution < 1.29 is 23.8 Å². The number of methoxy groups -OCH3 is 1. The summed E-state index contributed by atoms with van der Waals surface area (Å²) in [6.45, 7) is 3.55. The van der Waals surface area contributed by atoms with Gasteiger partial charge in [-0.1, -0.05) is 30.3 Å². The highest BCUT2D eigenvalue weighted by Crippen LogP contribution is 2.28. The minimum absolute atomic E-state index is 0.357. The monoisotopic (exact) mass is 401 g/mol. The van der Waals surface area contributed by atoms with Gasteiger partial charge in [-0.05, 0) is 48.0 Å². The molecule has 0 fully saturated rings. The van der Waals surface area contributed by atoms with E-state index in [1.807, 2.05) is 0 Å². The van der Waals surface area contributed by atoms with Gasteiger partial charge in [0.15, 0.2) is 18.1 Å². The number of carbonyl (C=O) groups excluding carboxylic acids is 2. The minimum Gasteiger partial charge on any atom is -0.493 e. The van der Waals surface area contributed by atoms with Gasteiger partial charge in [-0.3, -0.25) is 4.79 Å². The molecule has 0 atom stereocenters. The quantitative estimate of drug-likeness (QED) is 0.389. The molecule has 6 nitrogen and oxygen atoms in total. The fourth-order valence-electron chi connectivity index (χ4n) is 2.14. The number of ether oxygens (including phenoxy) is 3. The van der Waals surface area contributed by atoms with Crippen molar-refractivity contribution in [1.29, 1.82) is 0 Å². The van der Waals surface area contributed by atoms with Crippen LogP contribution in [0.5, 0.6) is 11.5 Å². The van der Waals surface area contributed by atoms with Gasteiger partial charge in [0.2, 0.25) is 0 Å². The van der Waals surface area contributed by atoms with Crippen LogP contribution in [0.4, 0.5) is 5.69 Å². The summed E-state index contributed by atoms with van der Waals surface area (Å²) in [7, 11) is 1.52. The van der Waals surface area contributed by atoms with Crippen LogP contribution in [0, 0.1) is 0 Å². The van der Waals surface area contributed by atoms with Crippen LogP contribution in [-0.4, -0.2) is 32.2 Å². The smallest absolute Gasteiger partial charge is 0.331 e. The van der Waals surface area contributed by atoms with Crippen molar-refractivity contribution in [1.82, 2.24) is 0 Å². The Labute approximate surface area is 168 Å². The van der Waals surface area contributed by atoms with E-state index in [0.29, 0.717) is 34.4 Å². The summed E-state index contributed by atoms with van der Waals surface area (Å²) in [6.07, 6.45) is 4.42. The average Bonchev–Trinajstić information content (AvgIpc) is 2.71. The topological polar surface area (TPSA) is 73.9 Å². The van der Waals surface area contributed by atoms with Gasteiger partial charge in [0.1, 0.15) is 6.61 Å². The Hall–Kier alpha value is -3.25. The predicted molar refractivity (Wildman–Crippen MR) is 109 cm³/mol. The van der Waals surface area contributed by atoms with Crippen molar-refractivity contribution in [3.63, 3.8) is 0 Å². The summed E-state index contributed by atoms with van der Waals surface area (Å²) in [5.41, 5.74) is 1.28. The lowest BCUT2D eigenvalue weighted by Gasteiger charge is -2.09. The van der Waals surface area contributed by atoms with E-state index in [0.717, 1.165) is 0 Å². The lowest BCUT2D eigenvalue weighted by Crippen LogP contribution is -2.20. The van der Waals surface area contributed by atoms with Crippen LogP contribution in [0.3, 0.4) is 0 Å². The molecule has 2 aromatic rings. The third-order valence-corrected chi connectivity index (χ3v) is 3.68. The Balaban J connectivity index is 1.86. The van der Waals surface area contributed by atoms with Gasteiger partial charge in [0.05, 0.1) is 7.11 Å². The first kappa shape index (κ1) is 21.1. The highest BCUT2D eigenvalue weighted by Gasteiger charge is 2.07. The molecule has 1 amide bonds. The molecule has 0 unspecified atom stereocenters. The number of rotatable bonds is 9. The minimum atomic E-state index is -0.641. The lowest BCUT2D eigenvalue weighted by molar-refractivity contribution is -0.142. The number of anilines is 1. The molecular formula is C21H20ClNO5. The molecule has 1 N–H and O–H groups in total. The van der Waals surface area contributed by atoms with Crippen LogP contribution in [0.15, 0.2) is 61.2 Å². The van der Waals surface area contributed by atoms with Gasteiger partial charge in [-0.2, -0.15) is 0 Å². The normalized spacial score (nSPS) is 10.4. The maximum atomic E-state index is 11.8. The summed E-state index contributed by atoms with van der Waals surface area (Å²) in [6, 6.07) is 11.8. The van der Waals surface area contributed by atoms with Crippen LogP contribution in [0.2, 0.25) is 5.02 Å². The number of esters is 1. The van der Waals surface area contributed by atoms with Crippen LogP contribution >= 0.6 is 11.6 Å². The zero-order valence-electron chi connectivity index (χ0n) is 15.3. The summed E-state index contributed by atoms with van der Waals surface area (Å²) in [5.74, 6) is 0.00683. The molecule has 0 saturated heterocycles. The van der Waals surface area contributed by atoms with E-state index in [9.17, 15) is 9.59 Å². The summed E-state index contributed by atoms with van der Waals surface area (Å²) >= 11 is 5.78. The first-order valence-electron chi connectivity index (χ1n) is 8.34. The molecule has 0 spiro atoms. The summed E-state index contributed by atoms with van der Waals surface area (Å²) in [5, 5.41) is 3.16. The summed E-state index contributed by atoms with van der Waals surface area (Å²) in [4.78, 5) is 23.6. The molecule has 0 aromatic heterocycles. The van der Waals surface area contributed by atoms with Crippen LogP contribution < -0.4 is 14.8 Å². The Morgan fingerprint density at radius 2 is 1.89 bits per heavy atom. The lowest BCUT2D eigenvalue weighted by atomic mass is 10.2. The van der Waals surface area contributed by atoms with Crippen molar-refractivity contribution in [3.05, 3.63) is 71.8 Å². The summed E-state index contributed by atoms with van der Waals surface area (Å²) < 4.78 is 15.7. The Morgan fingerprint density at radius 1 is 1.14 bits per heavy atom. The molecule has 0 heterocycles. The SMILES string of the molecule is C=CCOc1ccc(/C=C/C(=O)OCC(=O)Nc2ccc(Cl)cc2)cc1OC. The second-order valence-electron chi connectivity index (χ2n) is 5.51. The molecule has 28 heavy (non-hydrogen) atoms. The molecule has 0 aliphatic heterocycles. The Bertz CT molecular complexity index is 862. The molecule has 0 bridgehead atoms. The van der Waals surface area contributed by atoms with E-state index in [-0.39, 0.29) is 0 Å². The number of carbonyl (C=O) groups is 2. The highest BCUT2D eigenvalue weighted by molar-refractivity contribution is 6.30. The molecule has 2 aromatic carbocycles. The molecule has 0 radical (unpaired) electrons. The van der Waals surface area contributed by atoms with Gasteiger partial charge in [-0.15, -0.1) is 0 Å². The maximum Gasteiger partial charge on any atom is 0.331 e. The van der Waals surface area contributed by atoms with Crippen molar-refractivity contribution in [3.8, 4) is 11.5 Å². The van der Waals surface area contributed by atoms with E-state index in [4.69, 9.17) is 25.8 Å². The molecule has 2 rings (SSSR count). The fraction of sp³-hybridized carbons (Fsp3) is 0.143. The van der Waals surface area contributed by atoms with E-state index in [2.05, 4.69) is 11.9 Å². The first-order valence-corrected chi connectivity index (χ1v) is 8.71. The van der Waals surface area contributed by atoms with Gasteiger partial charge in [0, 0.05) is 16.8 Å². The first-order chi connectivity index (χ1) is 13.5. The second kappa shape index (κ2) is 10.8. The third kappa shape index (κ3) is 6.81. The van der Waals surface area contributed by atoms with Crippen LogP contribution in [0.25, 0.3) is 6.08 Å². The Morgan fingerprint density at radius 3 is 2.57 bits per heavy atom. The van der Waals surface area contributed by atoms with E-state index >= 15 is 0 Å². The van der Waals surface area contributed by atoms with E-state index in [1.54, 1.807) is 54.6 Å². The number of hydrogen-bond donors (Lipinski definition) is 1. The largest absolute Gasteiger partial charge is 0.493 e. The highest BCUT2D eigenvalue weighted by atomic mass is 35.5. The molecule has 0 saturated carbocycles. The predicted octanol–water partition coefficient (Wildman–Crippen LogP) is 4.11. The van der Waals surface area contributed by atoms with E-state index in [1.165, 1.54) is 13.2 Å². The maximum absolute atomic E-state index is 11.8. The molecule has 146 valence electrons. The Kier molecular flexibility index (Phi) is 8.11. The fourth-order valence-corrected chi connectivity index (χ4v) is 2.26. The molecular weight excluding hydrogens is 382 g/mol. The number of nitrogens with one attached hydrogen (secondary N) is 1. The van der Waals surface area contributed by atoms with Crippen molar-refractivity contribution in [2.24, 2.45) is 0 Å². The van der Waals surface area contributed by atoms with Crippen molar-refractivity contribution in [2.45, 2.75) is 0 Å². The van der Waals surface area contributed by atoms with Gasteiger partial charge in [-0.25, -0.2) is 4.79 Å². The molecule has 0 aliphatic carbocycles. The van der Waals surface area contributed by atoms with Crippen LogP contribution in [-0.2, 0) is 14.3 Å². The zero-order chi connectivity index (χ0) is 20.4. The number of benzene rings is 2. The van der Waals surface area contributed by atoms with Crippen LogP contribution in [0.1, 0.15) is 5.56 Å². The van der Waals surface area contributed by atoms with Gasteiger partial charge < -0.3 is 19.5 Å². The second-order valence-corrected chi connectivity index (χ2v) is 5.94. The standard InChI is InChI=1S/C21H20ClNO5/c1-3-12-27-18-10-4-15(13-19(18)26-2)5-11-21(25)28-14-20(24)23-17-8-6-16(22)7-9-17/h3-11,13H,1,12,14H2,2H3,(H,23,24)/b11-5+. The third-order valence-electron chi connectivity index (χ3n) is 3.43. The number of halogens is 1. The zero-order valence-corrected chi connectivity index (χ0v) is 16.1. The van der Waals surface area contributed by atoms with Crippen molar-refractivity contribution in [2.75, 3.05) is 25.6 Å².